The maximum Gasteiger partial charge on any atom is 0.258 e. The highest BCUT2D eigenvalue weighted by Crippen LogP contribution is 2.37. The summed E-state index contributed by atoms with van der Waals surface area (Å²) >= 11 is 9.76. The molecule has 0 radical (unpaired) electrons. The number of amides is 1. The monoisotopic (exact) mass is 720 g/mol. The second-order valence-electron chi connectivity index (χ2n) is 9.82. The van der Waals surface area contributed by atoms with Crippen LogP contribution >= 0.6 is 27.5 Å². The van der Waals surface area contributed by atoms with E-state index in [1.807, 2.05) is 13.8 Å². The molecule has 1 unspecified atom stereocenters. The largest absolute Gasteiger partial charge is 0.350 e. The maximum atomic E-state index is 15.5. The highest BCUT2D eigenvalue weighted by Gasteiger charge is 2.44. The van der Waals surface area contributed by atoms with Crippen LogP contribution in [0.5, 0.6) is 0 Å². The normalized spacial score (nSPS) is 18.3. The number of sulfonamides is 1. The molecule has 2 saturated heterocycles. The Morgan fingerprint density at radius 1 is 1.14 bits per heavy atom. The summed E-state index contributed by atoms with van der Waals surface area (Å²) in [5.74, 6) is -0.326. The number of piperidine rings is 1. The van der Waals surface area contributed by atoms with Crippen molar-refractivity contribution in [2.45, 2.75) is 62.8 Å². The van der Waals surface area contributed by atoms with E-state index < -0.39 is 32.4 Å². The van der Waals surface area contributed by atoms with Crippen molar-refractivity contribution in [3.63, 3.8) is 0 Å². The third-order valence-electron chi connectivity index (χ3n) is 7.00. The second kappa shape index (κ2) is 17.1. The predicted octanol–water partition coefficient (Wildman–Crippen LogP) is 6.21. The van der Waals surface area contributed by atoms with E-state index in [9.17, 15) is 17.4 Å². The number of ether oxygens (including phenoxy) is 2. The number of alkyl halides is 1. The predicted molar refractivity (Wildman–Crippen MR) is 172 cm³/mol. The number of carbonyl (C=O) groups excluding carboxylic acids is 1. The molecule has 238 valence electrons. The first-order chi connectivity index (χ1) is 20.6. The minimum Gasteiger partial charge on any atom is -0.350 e. The van der Waals surface area contributed by atoms with Gasteiger partial charge in [-0.3, -0.25) is 9.00 Å². The standard InChI is InChI=1S/C28H33BrClFN2O6S2.C2H6/c29-21-9-10-25(23(20-21)22-6-1-2-7-24(22)30)41(36,37)33-14-11-28(31,12-15-33)27(34)32-13-5-19-40(35)18-4-3-8-26-38-16-17-39-26;1-2/h1-2,5-7,9-10,19-20,26H,3-4,8,11-18H2,(H,32,34);1-2H3/b19-5-;. The van der Waals surface area contributed by atoms with Crippen LogP contribution in [0.4, 0.5) is 4.39 Å². The fraction of sp³-hybridized carbons (Fsp3) is 0.500. The molecule has 1 amide bonds. The summed E-state index contributed by atoms with van der Waals surface area (Å²) in [7, 11) is -5.20. The second-order valence-corrected chi connectivity index (χ2v) is 14.5. The lowest BCUT2D eigenvalue weighted by molar-refractivity contribution is -0.135. The lowest BCUT2D eigenvalue weighted by atomic mass is 9.93. The zero-order valence-corrected chi connectivity index (χ0v) is 28.4. The molecule has 2 heterocycles. The van der Waals surface area contributed by atoms with E-state index in [0.717, 1.165) is 19.3 Å². The molecule has 0 aliphatic carbocycles. The highest BCUT2D eigenvalue weighted by atomic mass is 79.9. The van der Waals surface area contributed by atoms with Crippen LogP contribution in [0, 0.1) is 0 Å². The average Bonchev–Trinajstić information content (AvgIpc) is 3.52. The third-order valence-corrected chi connectivity index (χ3v) is 11.0. The molecule has 8 nitrogen and oxygen atoms in total. The van der Waals surface area contributed by atoms with Crippen molar-refractivity contribution >= 4 is 54.3 Å². The van der Waals surface area contributed by atoms with Gasteiger partial charge in [-0.25, -0.2) is 12.8 Å². The lowest BCUT2D eigenvalue weighted by Gasteiger charge is -2.35. The van der Waals surface area contributed by atoms with Gasteiger partial charge in [-0.15, -0.1) is 0 Å². The van der Waals surface area contributed by atoms with Gasteiger partial charge in [-0.1, -0.05) is 65.7 Å². The van der Waals surface area contributed by atoms with Crippen LogP contribution in [-0.2, 0) is 35.1 Å². The van der Waals surface area contributed by atoms with Gasteiger partial charge in [0.2, 0.25) is 10.0 Å². The first-order valence-corrected chi connectivity index (χ1v) is 18.4. The molecule has 0 spiro atoms. The van der Waals surface area contributed by atoms with E-state index in [1.165, 1.54) is 15.8 Å². The Labute approximate surface area is 270 Å². The summed E-state index contributed by atoms with van der Waals surface area (Å²) in [6.45, 7) is 4.95. The molecular weight excluding hydrogens is 683 g/mol. The first-order valence-electron chi connectivity index (χ1n) is 14.4. The maximum absolute atomic E-state index is 15.5. The van der Waals surface area contributed by atoms with Gasteiger partial charge in [0.05, 0.1) is 18.1 Å². The van der Waals surface area contributed by atoms with Gasteiger partial charge >= 0.3 is 0 Å². The van der Waals surface area contributed by atoms with E-state index in [0.29, 0.717) is 39.6 Å². The molecular formula is C30H39BrClFN2O6S2. The summed E-state index contributed by atoms with van der Waals surface area (Å²) in [5, 5.41) is 4.43. The fourth-order valence-electron chi connectivity index (χ4n) is 4.73. The Morgan fingerprint density at radius 2 is 1.81 bits per heavy atom. The van der Waals surface area contributed by atoms with Gasteiger partial charge < -0.3 is 14.8 Å². The molecule has 13 heteroatoms. The van der Waals surface area contributed by atoms with Crippen LogP contribution in [0.15, 0.2) is 63.3 Å². The molecule has 2 aliphatic rings. The van der Waals surface area contributed by atoms with E-state index in [4.69, 9.17) is 21.1 Å². The quantitative estimate of drug-likeness (QED) is 0.262. The topological polar surface area (TPSA) is 102 Å². The van der Waals surface area contributed by atoms with Crippen LogP contribution in [0.2, 0.25) is 5.02 Å². The Morgan fingerprint density at radius 3 is 2.49 bits per heavy atom. The summed E-state index contributed by atoms with van der Waals surface area (Å²) < 4.78 is 67.5. The molecule has 0 aromatic heterocycles. The number of hydrogen-bond acceptors (Lipinski definition) is 6. The lowest BCUT2D eigenvalue weighted by Crippen LogP contribution is -2.52. The summed E-state index contributed by atoms with van der Waals surface area (Å²) in [4.78, 5) is 12.7. The SMILES string of the molecule is CC.O=C(NC/C=C\S(=O)CCCCC1OCCO1)C1(F)CCN(S(=O)(=O)c2ccc(Br)cc2-c2ccccc2Cl)CC1. The van der Waals surface area contributed by atoms with Crippen LogP contribution in [0.3, 0.4) is 0 Å². The molecule has 2 aromatic rings. The summed E-state index contributed by atoms with van der Waals surface area (Å²) in [6, 6.07) is 11.8. The van der Waals surface area contributed by atoms with Crippen molar-refractivity contribution in [1.29, 1.82) is 0 Å². The van der Waals surface area contributed by atoms with Crippen molar-refractivity contribution in [3.05, 3.63) is 63.4 Å². The van der Waals surface area contributed by atoms with Crippen molar-refractivity contribution in [2.24, 2.45) is 0 Å². The zero-order chi connectivity index (χ0) is 31.5. The molecule has 4 rings (SSSR count). The zero-order valence-electron chi connectivity index (χ0n) is 24.4. The highest BCUT2D eigenvalue weighted by molar-refractivity contribution is 9.10. The van der Waals surface area contributed by atoms with Crippen LogP contribution in [0.1, 0.15) is 46.0 Å². The fourth-order valence-corrected chi connectivity index (χ4v) is 7.89. The number of nitrogens with one attached hydrogen (secondary N) is 1. The van der Waals surface area contributed by atoms with Crippen LogP contribution in [-0.4, -0.2) is 73.4 Å². The van der Waals surface area contributed by atoms with Crippen LogP contribution in [0.25, 0.3) is 11.1 Å². The summed E-state index contributed by atoms with van der Waals surface area (Å²) in [5.41, 5.74) is -1.21. The average molecular weight is 722 g/mol. The molecule has 2 fully saturated rings. The first kappa shape index (κ1) is 35.8. The number of carbonyl (C=O) groups is 1. The molecule has 1 atom stereocenters. The van der Waals surface area contributed by atoms with Gasteiger partial charge in [0, 0.05) is 75.1 Å². The molecule has 43 heavy (non-hydrogen) atoms. The molecule has 0 bridgehead atoms. The van der Waals surface area contributed by atoms with E-state index in [1.54, 1.807) is 42.5 Å². The number of hydrogen-bond donors (Lipinski definition) is 1. The smallest absolute Gasteiger partial charge is 0.258 e. The Bertz CT molecular complexity index is 1380. The van der Waals surface area contributed by atoms with E-state index in [-0.39, 0.29) is 43.7 Å². The van der Waals surface area contributed by atoms with Gasteiger partial charge in [0.1, 0.15) is 0 Å². The minimum absolute atomic E-state index is 0.0299. The number of rotatable bonds is 12. The van der Waals surface area contributed by atoms with Gasteiger partial charge in [-0.2, -0.15) is 4.31 Å². The van der Waals surface area contributed by atoms with Crippen molar-refractivity contribution in [3.8, 4) is 11.1 Å². The van der Waals surface area contributed by atoms with E-state index in [2.05, 4.69) is 21.2 Å². The van der Waals surface area contributed by atoms with Crippen molar-refractivity contribution in [1.82, 2.24) is 9.62 Å². The van der Waals surface area contributed by atoms with Gasteiger partial charge in [-0.05, 0) is 43.5 Å². The molecule has 0 saturated carbocycles. The third kappa shape index (κ3) is 9.91. The van der Waals surface area contributed by atoms with Crippen molar-refractivity contribution in [2.75, 3.05) is 38.6 Å². The number of unbranched alkanes of at least 4 members (excludes halogenated alkanes) is 1. The molecule has 2 aliphatic heterocycles. The Kier molecular flexibility index (Phi) is 14.3. The van der Waals surface area contributed by atoms with Crippen molar-refractivity contribution < 1.29 is 31.3 Å². The number of halogens is 3. The Hall–Kier alpha value is -1.67. The number of benzene rings is 2. The number of nitrogens with zero attached hydrogens (tertiary/aromatic N) is 1. The Balaban J connectivity index is 0.00000248. The molecule has 2 aromatic carbocycles. The molecule has 1 N–H and O–H groups in total. The van der Waals surface area contributed by atoms with E-state index >= 15 is 4.39 Å². The minimum atomic E-state index is -4.00. The van der Waals surface area contributed by atoms with Gasteiger partial charge in [0.25, 0.3) is 5.91 Å². The summed E-state index contributed by atoms with van der Waals surface area (Å²) in [6.07, 6.45) is 3.17. The van der Waals surface area contributed by atoms with Gasteiger partial charge in [0.15, 0.2) is 12.0 Å². The van der Waals surface area contributed by atoms with Crippen LogP contribution < -0.4 is 5.32 Å².